The number of halogens is 1. The van der Waals surface area contributed by atoms with Crippen molar-refractivity contribution in [3.63, 3.8) is 0 Å². The second-order valence-electron chi connectivity index (χ2n) is 18.8. The molecule has 296 valence electrons. The summed E-state index contributed by atoms with van der Waals surface area (Å²) in [7, 11) is -2.18. The maximum absolute atomic E-state index is 11.9. The summed E-state index contributed by atoms with van der Waals surface area (Å²) in [5.74, 6) is -1.83. The minimum Gasteiger partial charge on any atom is -0.411 e. The zero-order chi connectivity index (χ0) is 38.5. The van der Waals surface area contributed by atoms with Gasteiger partial charge in [-0.3, -0.25) is 0 Å². The molecule has 4 aliphatic heterocycles. The van der Waals surface area contributed by atoms with Crippen LogP contribution in [-0.2, 0) is 37.6 Å². The first-order chi connectivity index (χ1) is 23.2. The van der Waals surface area contributed by atoms with Crippen molar-refractivity contribution in [2.24, 2.45) is 17.8 Å². The Hall–Kier alpha value is -0.373. The van der Waals surface area contributed by atoms with Crippen molar-refractivity contribution >= 4 is 19.9 Å². The van der Waals surface area contributed by atoms with E-state index in [-0.39, 0.29) is 70.9 Å². The highest BCUT2D eigenvalue weighted by Gasteiger charge is 2.53. The Morgan fingerprint density at radius 2 is 1.59 bits per heavy atom. The standard InChI is InChI=1S/C40H71ClO9Si/c1-17-29-36(49-39(11,12)45-29)30-21-31(50-51(15,16)37(6,7)8)35(44-30)28(42)19-23(2)18-24(3)33-26(5)34(48-40(13,14)47-33)25(4)20-27(41)32-22-43-38(9,10)46-32/h17-18,23,25-36,42H,1,19-22H2,2-16H3/b24-18+/t23-,25+,26+,27-,28-,29-,30-,31+,32-,33-,34-,35-,36-/m0/s1. The highest BCUT2D eigenvalue weighted by atomic mass is 35.5. The average molecular weight is 760 g/mol. The van der Waals surface area contributed by atoms with Crippen LogP contribution < -0.4 is 0 Å². The molecule has 4 aliphatic rings. The van der Waals surface area contributed by atoms with Crippen LogP contribution >= 0.6 is 11.6 Å². The topological polar surface area (TPSA) is 94.1 Å². The Morgan fingerprint density at radius 3 is 2.16 bits per heavy atom. The minimum absolute atomic E-state index is 0.0101. The number of allylic oxidation sites excluding steroid dienone is 1. The van der Waals surface area contributed by atoms with Gasteiger partial charge in [0.1, 0.15) is 24.4 Å². The van der Waals surface area contributed by atoms with E-state index in [1.807, 2.05) is 41.5 Å². The van der Waals surface area contributed by atoms with Gasteiger partial charge in [-0.2, -0.15) is 0 Å². The van der Waals surface area contributed by atoms with E-state index < -0.39 is 37.9 Å². The van der Waals surface area contributed by atoms with Crippen molar-refractivity contribution in [3.05, 3.63) is 24.3 Å². The minimum atomic E-state index is -2.18. The third-order valence-corrected chi connectivity index (χ3v) is 16.5. The van der Waals surface area contributed by atoms with E-state index in [1.165, 1.54) is 0 Å². The monoisotopic (exact) mass is 758 g/mol. The molecule has 11 heteroatoms. The fraction of sp³-hybridized carbons (Fsp3) is 0.900. The van der Waals surface area contributed by atoms with Crippen molar-refractivity contribution < 1.29 is 42.7 Å². The summed E-state index contributed by atoms with van der Waals surface area (Å²) >= 11 is 6.90. The summed E-state index contributed by atoms with van der Waals surface area (Å²) in [6.45, 7) is 36.0. The van der Waals surface area contributed by atoms with Gasteiger partial charge >= 0.3 is 0 Å². The summed E-state index contributed by atoms with van der Waals surface area (Å²) in [4.78, 5) is 0. The number of ether oxygens (including phenoxy) is 7. The van der Waals surface area contributed by atoms with Gasteiger partial charge in [0.05, 0.1) is 42.5 Å². The number of aliphatic hydroxyl groups is 1. The van der Waals surface area contributed by atoms with Gasteiger partial charge in [-0.1, -0.05) is 53.7 Å². The van der Waals surface area contributed by atoms with Gasteiger partial charge in [-0.25, -0.2) is 0 Å². The van der Waals surface area contributed by atoms with Gasteiger partial charge in [-0.15, -0.1) is 18.2 Å². The molecule has 0 saturated carbocycles. The van der Waals surface area contributed by atoms with Crippen LogP contribution in [0.2, 0.25) is 18.1 Å². The van der Waals surface area contributed by atoms with Crippen LogP contribution in [-0.4, -0.2) is 97.7 Å². The summed E-state index contributed by atoms with van der Waals surface area (Å²) in [5, 5.41) is 11.7. The molecule has 4 heterocycles. The Bertz CT molecular complexity index is 1210. The smallest absolute Gasteiger partial charge is 0.192 e. The summed E-state index contributed by atoms with van der Waals surface area (Å²) in [5.41, 5.74) is 1.12. The molecule has 4 fully saturated rings. The van der Waals surface area contributed by atoms with Crippen LogP contribution in [0.25, 0.3) is 0 Å². The van der Waals surface area contributed by atoms with Gasteiger partial charge in [-0.05, 0) is 96.8 Å². The quantitative estimate of drug-likeness (QED) is 0.113. The zero-order valence-corrected chi connectivity index (χ0v) is 36.0. The molecule has 0 aromatic rings. The predicted molar refractivity (Wildman–Crippen MR) is 204 cm³/mol. The number of hydrogen-bond acceptors (Lipinski definition) is 9. The van der Waals surface area contributed by atoms with Crippen LogP contribution in [0.3, 0.4) is 0 Å². The summed E-state index contributed by atoms with van der Waals surface area (Å²) in [6.07, 6.45) is 3.09. The molecule has 0 radical (unpaired) electrons. The first kappa shape index (κ1) is 43.4. The molecule has 4 rings (SSSR count). The predicted octanol–water partition coefficient (Wildman–Crippen LogP) is 8.52. The zero-order valence-electron chi connectivity index (χ0n) is 34.3. The van der Waals surface area contributed by atoms with Crippen LogP contribution in [0.4, 0.5) is 0 Å². The van der Waals surface area contributed by atoms with Crippen molar-refractivity contribution in [1.82, 2.24) is 0 Å². The van der Waals surface area contributed by atoms with Crippen molar-refractivity contribution in [1.29, 1.82) is 0 Å². The molecule has 4 saturated heterocycles. The van der Waals surface area contributed by atoms with Crippen molar-refractivity contribution in [3.8, 4) is 0 Å². The largest absolute Gasteiger partial charge is 0.411 e. The molecule has 0 amide bonds. The fourth-order valence-electron chi connectivity index (χ4n) is 8.07. The van der Waals surface area contributed by atoms with E-state index in [9.17, 15) is 5.11 Å². The van der Waals surface area contributed by atoms with E-state index >= 15 is 0 Å². The molecular formula is C40H71ClO9Si. The molecule has 1 N–H and O–H groups in total. The number of rotatable bonds is 13. The highest BCUT2D eigenvalue weighted by Crippen LogP contribution is 2.44. The van der Waals surface area contributed by atoms with E-state index in [0.717, 1.165) is 12.0 Å². The first-order valence-corrected chi connectivity index (χ1v) is 22.6. The van der Waals surface area contributed by atoms with Crippen LogP contribution in [0.1, 0.15) is 109 Å². The lowest BCUT2D eigenvalue weighted by Gasteiger charge is -2.48. The lowest BCUT2D eigenvalue weighted by molar-refractivity contribution is -0.319. The second kappa shape index (κ2) is 16.0. The highest BCUT2D eigenvalue weighted by molar-refractivity contribution is 6.74. The SMILES string of the molecule is C=C[C@@H]1OC(C)(C)O[C@@H]1[C@@H]1C[C@@H](O[Si](C)(C)C(C)(C)C)[C@H]([C@@H](O)C[C@@H](C)/C=C(\C)[C@@H]2OC(C)(C)O[C@@H]([C@H](C)C[C@H](Cl)[C@@H]3COC(C)(C)O3)[C@@H]2C)O1. The van der Waals surface area contributed by atoms with E-state index in [2.05, 4.69) is 74.2 Å². The normalized spacial score (nSPS) is 38.0. The van der Waals surface area contributed by atoms with Gasteiger partial charge < -0.3 is 42.7 Å². The van der Waals surface area contributed by atoms with E-state index in [0.29, 0.717) is 19.4 Å². The van der Waals surface area contributed by atoms with Gasteiger partial charge in [0.25, 0.3) is 0 Å². The van der Waals surface area contributed by atoms with Crippen molar-refractivity contribution in [2.75, 3.05) is 6.61 Å². The van der Waals surface area contributed by atoms with Gasteiger partial charge in [0.2, 0.25) is 0 Å². The third-order valence-electron chi connectivity index (χ3n) is 11.6. The molecule has 0 bridgehead atoms. The number of aliphatic hydroxyl groups excluding tert-OH is 1. The first-order valence-electron chi connectivity index (χ1n) is 19.2. The summed E-state index contributed by atoms with van der Waals surface area (Å²) in [6, 6.07) is 0. The molecular weight excluding hydrogens is 688 g/mol. The fourth-order valence-corrected chi connectivity index (χ4v) is 9.81. The average Bonchev–Trinajstić information content (AvgIpc) is 3.66. The number of alkyl halides is 1. The maximum atomic E-state index is 11.9. The second-order valence-corrected chi connectivity index (χ2v) is 24.1. The maximum Gasteiger partial charge on any atom is 0.192 e. The molecule has 9 nitrogen and oxygen atoms in total. The molecule has 0 aromatic carbocycles. The Balaban J connectivity index is 1.46. The van der Waals surface area contributed by atoms with Crippen molar-refractivity contribution in [2.45, 2.75) is 205 Å². The lowest BCUT2D eigenvalue weighted by Crippen LogP contribution is -2.53. The molecule has 0 aromatic heterocycles. The van der Waals surface area contributed by atoms with Gasteiger partial charge in [0.15, 0.2) is 25.7 Å². The molecule has 13 atom stereocenters. The molecule has 0 aliphatic carbocycles. The van der Waals surface area contributed by atoms with Crippen LogP contribution in [0.15, 0.2) is 24.3 Å². The van der Waals surface area contributed by atoms with E-state index in [1.54, 1.807) is 6.08 Å². The molecule has 0 unspecified atom stereocenters. The van der Waals surface area contributed by atoms with Crippen LogP contribution in [0, 0.1) is 17.8 Å². The van der Waals surface area contributed by atoms with Gasteiger partial charge in [0, 0.05) is 12.3 Å². The third kappa shape index (κ3) is 10.7. The van der Waals surface area contributed by atoms with E-state index in [4.69, 9.17) is 49.2 Å². The Labute approximate surface area is 315 Å². The lowest BCUT2D eigenvalue weighted by atomic mass is 9.81. The summed E-state index contributed by atoms with van der Waals surface area (Å²) < 4.78 is 51.0. The molecule has 0 spiro atoms. The Morgan fingerprint density at radius 1 is 0.961 bits per heavy atom. The molecule has 51 heavy (non-hydrogen) atoms. The number of hydrogen-bond donors (Lipinski definition) is 1. The van der Waals surface area contributed by atoms with Crippen LogP contribution in [0.5, 0.6) is 0 Å². The Kier molecular flexibility index (Phi) is 13.6.